The van der Waals surface area contributed by atoms with Crippen LogP contribution >= 0.6 is 11.3 Å². The molecule has 1 N–H and O–H groups in total. The van der Waals surface area contributed by atoms with E-state index in [1.807, 2.05) is 17.5 Å². The summed E-state index contributed by atoms with van der Waals surface area (Å²) < 4.78 is 10.8. The Morgan fingerprint density at radius 1 is 1.21 bits per heavy atom. The maximum Gasteiger partial charge on any atom is 0.274 e. The number of nitrogens with zero attached hydrogens (tertiary/aromatic N) is 3. The van der Waals surface area contributed by atoms with Gasteiger partial charge in [0.05, 0.1) is 26.5 Å². The first-order valence-corrected chi connectivity index (χ1v) is 9.52. The van der Waals surface area contributed by atoms with Gasteiger partial charge in [-0.15, -0.1) is 11.3 Å². The number of methoxy groups -OCH3 is 2. The van der Waals surface area contributed by atoms with Crippen LogP contribution in [0.15, 0.2) is 48.2 Å². The van der Waals surface area contributed by atoms with Crippen LogP contribution in [0.3, 0.4) is 0 Å². The number of hydrogen-bond acceptors (Lipinski definition) is 7. The molecular formula is C20H20N4O4S. The molecular weight excluding hydrogens is 392 g/mol. The van der Waals surface area contributed by atoms with Crippen molar-refractivity contribution < 1.29 is 19.1 Å². The van der Waals surface area contributed by atoms with Gasteiger partial charge in [0, 0.05) is 23.7 Å². The summed E-state index contributed by atoms with van der Waals surface area (Å²) in [6.07, 6.45) is 2.76. The number of thiophene rings is 1. The Bertz CT molecular complexity index is 993. The highest BCUT2D eigenvalue weighted by Crippen LogP contribution is 2.37. The molecule has 0 saturated heterocycles. The van der Waals surface area contributed by atoms with Gasteiger partial charge in [0.2, 0.25) is 0 Å². The van der Waals surface area contributed by atoms with Gasteiger partial charge in [0.1, 0.15) is 12.0 Å². The smallest absolute Gasteiger partial charge is 0.274 e. The second kappa shape index (κ2) is 9.16. The first-order chi connectivity index (χ1) is 14.0. The summed E-state index contributed by atoms with van der Waals surface area (Å²) in [6.45, 7) is 0.480. The zero-order chi connectivity index (χ0) is 20.8. The van der Waals surface area contributed by atoms with E-state index in [-0.39, 0.29) is 11.6 Å². The number of carbonyl (C=O) groups excluding carboxylic acids is 2. The van der Waals surface area contributed by atoms with E-state index < -0.39 is 5.91 Å². The number of anilines is 1. The lowest BCUT2D eigenvalue weighted by Gasteiger charge is -2.19. The fourth-order valence-electron chi connectivity index (χ4n) is 2.72. The topological polar surface area (TPSA) is 93.7 Å². The SMILES string of the molecule is COc1cc(C(=O)N(C)Cc2cccs2)cc(NC(=O)c2ccncn2)c1OC. The van der Waals surface area contributed by atoms with Gasteiger partial charge in [0.15, 0.2) is 11.5 Å². The van der Waals surface area contributed by atoms with E-state index >= 15 is 0 Å². The number of hydrogen-bond donors (Lipinski definition) is 1. The molecule has 0 radical (unpaired) electrons. The number of aromatic nitrogens is 2. The molecule has 0 unspecified atom stereocenters. The highest BCUT2D eigenvalue weighted by Gasteiger charge is 2.21. The average molecular weight is 412 g/mol. The molecule has 0 aliphatic heterocycles. The second-order valence-electron chi connectivity index (χ2n) is 6.05. The van der Waals surface area contributed by atoms with E-state index in [1.54, 1.807) is 35.4 Å². The normalized spacial score (nSPS) is 10.3. The molecule has 2 amide bonds. The number of benzene rings is 1. The molecule has 0 fully saturated rings. The van der Waals surface area contributed by atoms with Gasteiger partial charge in [-0.3, -0.25) is 9.59 Å². The van der Waals surface area contributed by atoms with Gasteiger partial charge in [-0.05, 0) is 29.6 Å². The van der Waals surface area contributed by atoms with Gasteiger partial charge in [0.25, 0.3) is 11.8 Å². The molecule has 0 aliphatic carbocycles. The molecule has 150 valence electrons. The lowest BCUT2D eigenvalue weighted by molar-refractivity contribution is 0.0785. The molecule has 0 atom stereocenters. The van der Waals surface area contributed by atoms with Gasteiger partial charge in [-0.2, -0.15) is 0 Å². The molecule has 0 aliphatic rings. The molecule has 3 aromatic rings. The number of carbonyl (C=O) groups is 2. The van der Waals surface area contributed by atoms with Crippen molar-refractivity contribution in [1.82, 2.24) is 14.9 Å². The van der Waals surface area contributed by atoms with Crippen molar-refractivity contribution in [3.8, 4) is 11.5 Å². The van der Waals surface area contributed by atoms with E-state index in [0.29, 0.717) is 29.3 Å². The quantitative estimate of drug-likeness (QED) is 0.641. The number of rotatable bonds is 7. The Labute approximate surface area is 172 Å². The predicted molar refractivity (Wildman–Crippen MR) is 110 cm³/mol. The van der Waals surface area contributed by atoms with E-state index in [4.69, 9.17) is 9.47 Å². The fourth-order valence-corrected chi connectivity index (χ4v) is 3.48. The van der Waals surface area contributed by atoms with Crippen molar-refractivity contribution in [3.05, 3.63) is 64.4 Å². The third-order valence-corrected chi connectivity index (χ3v) is 4.97. The molecule has 0 bridgehead atoms. The summed E-state index contributed by atoms with van der Waals surface area (Å²) in [7, 11) is 4.65. The van der Waals surface area contributed by atoms with Crippen LogP contribution < -0.4 is 14.8 Å². The van der Waals surface area contributed by atoms with E-state index in [0.717, 1.165) is 4.88 Å². The fraction of sp³-hybridized carbons (Fsp3) is 0.200. The number of amides is 2. The third kappa shape index (κ3) is 4.69. The summed E-state index contributed by atoms with van der Waals surface area (Å²) in [4.78, 5) is 35.9. The zero-order valence-corrected chi connectivity index (χ0v) is 17.0. The maximum atomic E-state index is 12.9. The van der Waals surface area contributed by atoms with E-state index in [1.165, 1.54) is 32.8 Å². The van der Waals surface area contributed by atoms with E-state index in [2.05, 4.69) is 15.3 Å². The Hall–Kier alpha value is -3.46. The van der Waals surface area contributed by atoms with Gasteiger partial charge < -0.3 is 19.7 Å². The minimum Gasteiger partial charge on any atom is -0.493 e. The summed E-state index contributed by atoms with van der Waals surface area (Å²) in [5.74, 6) is -0.0191. The van der Waals surface area contributed by atoms with Gasteiger partial charge in [-0.25, -0.2) is 9.97 Å². The van der Waals surface area contributed by atoms with Crippen LogP contribution in [-0.4, -0.2) is 47.9 Å². The van der Waals surface area contributed by atoms with Crippen LogP contribution in [-0.2, 0) is 6.54 Å². The van der Waals surface area contributed by atoms with Crippen LogP contribution in [0.2, 0.25) is 0 Å². The maximum absolute atomic E-state index is 12.9. The molecule has 29 heavy (non-hydrogen) atoms. The molecule has 0 saturated carbocycles. The summed E-state index contributed by atoms with van der Waals surface area (Å²) in [6, 6.07) is 8.55. The highest BCUT2D eigenvalue weighted by molar-refractivity contribution is 7.09. The van der Waals surface area contributed by atoms with Crippen molar-refractivity contribution in [2.24, 2.45) is 0 Å². The molecule has 3 rings (SSSR count). The molecule has 8 nitrogen and oxygen atoms in total. The average Bonchev–Trinajstić information content (AvgIpc) is 3.26. The first kappa shape index (κ1) is 20.3. The molecule has 1 aromatic carbocycles. The third-order valence-electron chi connectivity index (χ3n) is 4.11. The minimum atomic E-state index is -0.454. The Balaban J connectivity index is 1.91. The standard InChI is InChI=1S/C20H20N4O4S/c1-24(11-14-5-4-8-29-14)20(26)13-9-16(18(28-3)17(10-13)27-2)23-19(25)15-6-7-21-12-22-15/h4-10,12H,11H2,1-3H3,(H,23,25). The molecule has 2 heterocycles. The minimum absolute atomic E-state index is 0.188. The van der Waals surface area contributed by atoms with Crippen molar-refractivity contribution in [3.63, 3.8) is 0 Å². The van der Waals surface area contributed by atoms with Crippen LogP contribution in [0.1, 0.15) is 25.7 Å². The van der Waals surface area contributed by atoms with Crippen LogP contribution in [0.5, 0.6) is 11.5 Å². The second-order valence-corrected chi connectivity index (χ2v) is 7.08. The summed E-state index contributed by atoms with van der Waals surface area (Å²) >= 11 is 1.58. The lowest BCUT2D eigenvalue weighted by Crippen LogP contribution is -2.26. The Morgan fingerprint density at radius 3 is 2.66 bits per heavy atom. The zero-order valence-electron chi connectivity index (χ0n) is 16.2. The molecule has 2 aromatic heterocycles. The predicted octanol–water partition coefficient (Wildman–Crippen LogP) is 3.08. The largest absolute Gasteiger partial charge is 0.493 e. The molecule has 9 heteroatoms. The van der Waals surface area contributed by atoms with Crippen LogP contribution in [0.25, 0.3) is 0 Å². The first-order valence-electron chi connectivity index (χ1n) is 8.64. The van der Waals surface area contributed by atoms with Crippen LogP contribution in [0.4, 0.5) is 5.69 Å². The van der Waals surface area contributed by atoms with Gasteiger partial charge >= 0.3 is 0 Å². The highest BCUT2D eigenvalue weighted by atomic mass is 32.1. The lowest BCUT2D eigenvalue weighted by atomic mass is 10.1. The van der Waals surface area contributed by atoms with Gasteiger partial charge in [-0.1, -0.05) is 6.07 Å². The summed E-state index contributed by atoms with van der Waals surface area (Å²) in [5.41, 5.74) is 0.857. The monoisotopic (exact) mass is 412 g/mol. The van der Waals surface area contributed by atoms with Crippen molar-refractivity contribution in [2.75, 3.05) is 26.6 Å². The Kier molecular flexibility index (Phi) is 6.40. The number of ether oxygens (including phenoxy) is 2. The summed E-state index contributed by atoms with van der Waals surface area (Å²) in [5, 5.41) is 4.69. The Morgan fingerprint density at radius 2 is 2.03 bits per heavy atom. The number of nitrogens with one attached hydrogen (secondary N) is 1. The van der Waals surface area contributed by atoms with Crippen molar-refractivity contribution >= 4 is 28.8 Å². The van der Waals surface area contributed by atoms with Crippen molar-refractivity contribution in [2.45, 2.75) is 6.54 Å². The van der Waals surface area contributed by atoms with Crippen LogP contribution in [0, 0.1) is 0 Å². The molecule has 0 spiro atoms. The van der Waals surface area contributed by atoms with E-state index in [9.17, 15) is 9.59 Å². The van der Waals surface area contributed by atoms with Crippen molar-refractivity contribution in [1.29, 1.82) is 0 Å².